The van der Waals surface area contributed by atoms with Gasteiger partial charge in [0, 0.05) is 30.9 Å². The first-order valence-electron chi connectivity index (χ1n) is 10.0. The molecule has 0 spiro atoms. The summed E-state index contributed by atoms with van der Waals surface area (Å²) in [7, 11) is 0. The number of anilines is 1. The molecule has 2 heterocycles. The fourth-order valence-electron chi connectivity index (χ4n) is 3.82. The van der Waals surface area contributed by atoms with E-state index >= 15 is 0 Å². The van der Waals surface area contributed by atoms with Crippen LogP contribution in [0.1, 0.15) is 17.3 Å². The number of carbonyl (C=O) groups is 3. The van der Waals surface area contributed by atoms with Crippen molar-refractivity contribution >= 4 is 23.5 Å². The molecule has 2 aromatic carbocycles. The van der Waals surface area contributed by atoms with Crippen molar-refractivity contribution in [3.8, 4) is 11.5 Å². The van der Waals surface area contributed by atoms with Crippen LogP contribution in [0.3, 0.4) is 0 Å². The molecule has 160 valence electrons. The van der Waals surface area contributed by atoms with Crippen LogP contribution < -0.4 is 14.4 Å². The molecule has 0 radical (unpaired) electrons. The lowest BCUT2D eigenvalue weighted by Gasteiger charge is -2.31. The second-order valence-corrected chi connectivity index (χ2v) is 7.31. The van der Waals surface area contributed by atoms with Gasteiger partial charge in [0.15, 0.2) is 11.5 Å². The molecule has 0 saturated carbocycles. The van der Waals surface area contributed by atoms with Crippen LogP contribution in [-0.2, 0) is 9.59 Å². The quantitative estimate of drug-likeness (QED) is 0.593. The van der Waals surface area contributed by atoms with Gasteiger partial charge >= 0.3 is 11.9 Å². The molecular formula is C23H22N2O6. The van der Waals surface area contributed by atoms with Gasteiger partial charge in [-0.15, -0.1) is 0 Å². The van der Waals surface area contributed by atoms with Crippen molar-refractivity contribution in [3.63, 3.8) is 0 Å². The number of likely N-dealkylation sites (tertiary alicyclic amines) is 1. The third-order valence-electron chi connectivity index (χ3n) is 5.34. The van der Waals surface area contributed by atoms with E-state index < -0.39 is 30.0 Å². The van der Waals surface area contributed by atoms with Crippen molar-refractivity contribution < 1.29 is 29.0 Å². The Morgan fingerprint density at radius 2 is 1.74 bits per heavy atom. The molecular weight excluding hydrogens is 400 g/mol. The van der Waals surface area contributed by atoms with Crippen LogP contribution in [0.2, 0.25) is 0 Å². The van der Waals surface area contributed by atoms with Crippen molar-refractivity contribution in [2.75, 3.05) is 24.5 Å². The van der Waals surface area contributed by atoms with Gasteiger partial charge in [-0.25, -0.2) is 9.59 Å². The number of esters is 2. The zero-order valence-electron chi connectivity index (χ0n) is 16.9. The Morgan fingerprint density at radius 1 is 1.03 bits per heavy atom. The van der Waals surface area contributed by atoms with Crippen molar-refractivity contribution in [3.05, 3.63) is 66.2 Å². The van der Waals surface area contributed by atoms with Crippen LogP contribution in [0.15, 0.2) is 60.7 Å². The summed E-state index contributed by atoms with van der Waals surface area (Å²) in [6, 6.07) is 13.0. The highest BCUT2D eigenvalue weighted by atomic mass is 16.6. The number of hydrogen-bond donors (Lipinski definition) is 1. The maximum atomic E-state index is 13.8. The molecule has 1 N–H and O–H groups in total. The van der Waals surface area contributed by atoms with Crippen molar-refractivity contribution in [2.45, 2.75) is 19.1 Å². The van der Waals surface area contributed by atoms with E-state index in [2.05, 4.69) is 4.90 Å². The first-order valence-corrected chi connectivity index (χ1v) is 10.0. The largest absolute Gasteiger partial charge is 0.419 e. The number of carbonyl (C=O) groups excluding carboxylic acids is 3. The number of para-hydroxylation sites is 2. The molecule has 2 aliphatic rings. The molecule has 1 amide bonds. The van der Waals surface area contributed by atoms with Gasteiger partial charge in [-0.3, -0.25) is 9.69 Å². The maximum absolute atomic E-state index is 13.8. The standard InChI is InChI=1S/C23H22N2O6/c1-2-24-13-17(18(26)14-24)25(15-7-4-3-5-8-15)23(29)16-9-6-10-19-22(16)31-21(28)12-11-20(27)30-19/h3-12,17-18,26H,2,13-14H2,1H3/b12-11+. The SMILES string of the molecule is CCN1CC(O)C(N(C(=O)c2cccc3c2OC(=O)/C=C/C(=O)O3)c2ccccc2)C1. The molecule has 2 aliphatic heterocycles. The molecule has 0 bridgehead atoms. The number of rotatable bonds is 4. The fraction of sp³-hybridized carbons (Fsp3) is 0.261. The summed E-state index contributed by atoms with van der Waals surface area (Å²) in [5, 5.41) is 10.7. The van der Waals surface area contributed by atoms with Gasteiger partial charge < -0.3 is 19.5 Å². The van der Waals surface area contributed by atoms with E-state index in [9.17, 15) is 19.5 Å². The minimum Gasteiger partial charge on any atom is -0.419 e. The average Bonchev–Trinajstić information content (AvgIpc) is 3.13. The molecule has 31 heavy (non-hydrogen) atoms. The molecule has 0 aromatic heterocycles. The van der Waals surface area contributed by atoms with E-state index in [0.717, 1.165) is 18.7 Å². The highest BCUT2D eigenvalue weighted by molar-refractivity contribution is 6.10. The van der Waals surface area contributed by atoms with Crippen molar-refractivity contribution in [2.24, 2.45) is 0 Å². The first kappa shape index (κ1) is 20.8. The third-order valence-corrected chi connectivity index (χ3v) is 5.34. The number of likely N-dealkylation sites (N-methyl/N-ethyl adjacent to an activating group) is 1. The minimum absolute atomic E-state index is 0.0243. The zero-order valence-corrected chi connectivity index (χ0v) is 16.9. The number of amides is 1. The lowest BCUT2D eigenvalue weighted by atomic mass is 10.1. The van der Waals surface area contributed by atoms with E-state index in [1.165, 1.54) is 17.0 Å². The summed E-state index contributed by atoms with van der Waals surface area (Å²) < 4.78 is 10.5. The van der Waals surface area contributed by atoms with E-state index in [1.54, 1.807) is 30.3 Å². The summed E-state index contributed by atoms with van der Waals surface area (Å²) in [6.07, 6.45) is 1.16. The normalized spacial score (nSPS) is 22.0. The van der Waals surface area contributed by atoms with Crippen LogP contribution in [0.4, 0.5) is 5.69 Å². The van der Waals surface area contributed by atoms with Gasteiger partial charge in [0.1, 0.15) is 0 Å². The molecule has 4 rings (SSSR count). The summed E-state index contributed by atoms with van der Waals surface area (Å²) >= 11 is 0. The Morgan fingerprint density at radius 3 is 2.42 bits per heavy atom. The van der Waals surface area contributed by atoms with Crippen LogP contribution >= 0.6 is 0 Å². The Bertz CT molecular complexity index is 1040. The molecule has 0 aliphatic carbocycles. The number of aliphatic hydroxyl groups is 1. The van der Waals surface area contributed by atoms with Crippen LogP contribution in [0, 0.1) is 0 Å². The predicted octanol–water partition coefficient (Wildman–Crippen LogP) is 1.78. The maximum Gasteiger partial charge on any atom is 0.336 e. The van der Waals surface area contributed by atoms with Gasteiger partial charge in [-0.05, 0) is 30.8 Å². The lowest BCUT2D eigenvalue weighted by molar-refractivity contribution is -0.133. The second-order valence-electron chi connectivity index (χ2n) is 7.31. The number of aliphatic hydroxyl groups excluding tert-OH is 1. The smallest absolute Gasteiger partial charge is 0.336 e. The second kappa shape index (κ2) is 8.71. The van der Waals surface area contributed by atoms with Gasteiger partial charge in [0.05, 0.1) is 17.7 Å². The van der Waals surface area contributed by atoms with Crippen molar-refractivity contribution in [1.29, 1.82) is 0 Å². The zero-order chi connectivity index (χ0) is 22.0. The number of benzene rings is 2. The fourth-order valence-corrected chi connectivity index (χ4v) is 3.82. The van der Waals surface area contributed by atoms with Gasteiger partial charge in [-0.2, -0.15) is 0 Å². The molecule has 1 fully saturated rings. The molecule has 8 nitrogen and oxygen atoms in total. The van der Waals surface area contributed by atoms with Crippen molar-refractivity contribution in [1.82, 2.24) is 4.90 Å². The van der Waals surface area contributed by atoms with Crippen LogP contribution in [0.5, 0.6) is 11.5 Å². The van der Waals surface area contributed by atoms with Crippen LogP contribution in [0.25, 0.3) is 0 Å². The predicted molar refractivity (Wildman–Crippen MR) is 112 cm³/mol. The molecule has 2 unspecified atom stereocenters. The summed E-state index contributed by atoms with van der Waals surface area (Å²) in [6.45, 7) is 3.67. The van der Waals surface area contributed by atoms with E-state index in [1.807, 2.05) is 13.0 Å². The summed E-state index contributed by atoms with van der Waals surface area (Å²) in [4.78, 5) is 41.3. The average molecular weight is 422 g/mol. The number of fused-ring (bicyclic) bond motifs is 1. The molecule has 2 atom stereocenters. The van der Waals surface area contributed by atoms with E-state index in [4.69, 9.17) is 9.47 Å². The Labute approximate surface area is 179 Å². The topological polar surface area (TPSA) is 96.4 Å². The Hall–Kier alpha value is -3.49. The molecule has 2 aromatic rings. The highest BCUT2D eigenvalue weighted by Gasteiger charge is 2.39. The van der Waals surface area contributed by atoms with E-state index in [0.29, 0.717) is 18.8 Å². The van der Waals surface area contributed by atoms with Crippen LogP contribution in [-0.4, -0.2) is 59.6 Å². The summed E-state index contributed by atoms with van der Waals surface area (Å²) in [5.74, 6) is -2.16. The molecule has 1 saturated heterocycles. The van der Waals surface area contributed by atoms with Gasteiger partial charge in [0.2, 0.25) is 0 Å². The van der Waals surface area contributed by atoms with Gasteiger partial charge in [0.25, 0.3) is 5.91 Å². The Kier molecular flexibility index (Phi) is 5.83. The van der Waals surface area contributed by atoms with E-state index in [-0.39, 0.29) is 17.1 Å². The number of β-amino-alcohol motifs (C(OH)–C–C–N with tert-alkyl or cyclic N) is 1. The minimum atomic E-state index is -0.789. The number of nitrogens with zero attached hydrogens (tertiary/aromatic N) is 2. The molecule has 8 heteroatoms. The third kappa shape index (κ3) is 4.21. The number of ether oxygens (including phenoxy) is 2. The monoisotopic (exact) mass is 422 g/mol. The lowest BCUT2D eigenvalue weighted by Crippen LogP contribution is -2.47. The van der Waals surface area contributed by atoms with Gasteiger partial charge in [-0.1, -0.05) is 31.2 Å². The highest BCUT2D eigenvalue weighted by Crippen LogP contribution is 2.35. The first-order chi connectivity index (χ1) is 15.0. The summed E-state index contributed by atoms with van der Waals surface area (Å²) in [5.41, 5.74) is 0.654. The Balaban J connectivity index is 1.78. The number of hydrogen-bond acceptors (Lipinski definition) is 7.